The van der Waals surface area contributed by atoms with Gasteiger partial charge in [0.05, 0.1) is 13.2 Å². The second-order valence-electron chi connectivity index (χ2n) is 4.06. The molecule has 4 heteroatoms. The summed E-state index contributed by atoms with van der Waals surface area (Å²) in [7, 11) is 3.49. The quantitative estimate of drug-likeness (QED) is 0.571. The molecule has 0 bridgehead atoms. The number of nitrogens with zero attached hydrogens (tertiary/aromatic N) is 1. The lowest BCUT2D eigenvalue weighted by molar-refractivity contribution is 0.114. The summed E-state index contributed by atoms with van der Waals surface area (Å²) < 4.78 is 10.2. The van der Waals surface area contributed by atoms with Gasteiger partial charge in [0.25, 0.3) is 0 Å². The van der Waals surface area contributed by atoms with Gasteiger partial charge in [-0.25, -0.2) is 0 Å². The predicted octanol–water partition coefficient (Wildman–Crippen LogP) is 0.333. The van der Waals surface area contributed by atoms with Gasteiger partial charge >= 0.3 is 0 Å². The molecule has 0 aromatic carbocycles. The van der Waals surface area contributed by atoms with Crippen molar-refractivity contribution >= 4 is 0 Å². The molecule has 1 aliphatic carbocycles. The van der Waals surface area contributed by atoms with Crippen LogP contribution in [0.25, 0.3) is 0 Å². The van der Waals surface area contributed by atoms with E-state index >= 15 is 0 Å². The minimum absolute atomic E-state index is 0.799. The van der Waals surface area contributed by atoms with Crippen molar-refractivity contribution in [2.45, 2.75) is 18.9 Å². The van der Waals surface area contributed by atoms with Gasteiger partial charge in [-0.15, -0.1) is 0 Å². The molecule has 90 valence electrons. The van der Waals surface area contributed by atoms with Crippen molar-refractivity contribution in [3.63, 3.8) is 0 Å². The van der Waals surface area contributed by atoms with Gasteiger partial charge in [0.15, 0.2) is 0 Å². The van der Waals surface area contributed by atoms with E-state index in [2.05, 4.69) is 10.2 Å². The molecule has 0 unspecified atom stereocenters. The first-order valence-corrected chi connectivity index (χ1v) is 5.80. The Hall–Kier alpha value is -0.160. The van der Waals surface area contributed by atoms with Crippen molar-refractivity contribution < 1.29 is 9.47 Å². The third-order valence-electron chi connectivity index (χ3n) is 2.66. The van der Waals surface area contributed by atoms with Crippen molar-refractivity contribution in [2.24, 2.45) is 0 Å². The van der Waals surface area contributed by atoms with E-state index in [-0.39, 0.29) is 0 Å². The summed E-state index contributed by atoms with van der Waals surface area (Å²) in [6.07, 6.45) is 2.71. The molecule has 1 saturated carbocycles. The Morgan fingerprint density at radius 1 is 1.07 bits per heavy atom. The highest BCUT2D eigenvalue weighted by Crippen LogP contribution is 2.17. The van der Waals surface area contributed by atoms with Crippen molar-refractivity contribution in [3.05, 3.63) is 0 Å². The maximum Gasteiger partial charge on any atom is 0.0589 e. The fraction of sp³-hybridized carbons (Fsp3) is 1.00. The highest BCUT2D eigenvalue weighted by atomic mass is 16.5. The van der Waals surface area contributed by atoms with Crippen LogP contribution in [0.4, 0.5) is 0 Å². The monoisotopic (exact) mass is 216 g/mol. The number of ether oxygens (including phenoxy) is 2. The average molecular weight is 216 g/mol. The van der Waals surface area contributed by atoms with Gasteiger partial charge in [0.2, 0.25) is 0 Å². The van der Waals surface area contributed by atoms with E-state index in [0.717, 1.165) is 45.4 Å². The summed E-state index contributed by atoms with van der Waals surface area (Å²) >= 11 is 0. The SMILES string of the molecule is COCCN(CCNC1CC1)CCOC. The molecule has 1 aliphatic rings. The minimum atomic E-state index is 0.799. The Bertz CT molecular complexity index is 144. The molecule has 0 amide bonds. The molecular formula is C11H24N2O2. The van der Waals surface area contributed by atoms with Crippen LogP contribution in [0, 0.1) is 0 Å². The molecule has 0 aromatic heterocycles. The molecule has 15 heavy (non-hydrogen) atoms. The number of hydrogen-bond donors (Lipinski definition) is 1. The summed E-state index contributed by atoms with van der Waals surface area (Å²) in [6.45, 7) is 5.75. The zero-order chi connectivity index (χ0) is 10.9. The van der Waals surface area contributed by atoms with Crippen LogP contribution in [0.15, 0.2) is 0 Å². The fourth-order valence-corrected chi connectivity index (χ4v) is 1.49. The van der Waals surface area contributed by atoms with Crippen molar-refractivity contribution in [3.8, 4) is 0 Å². The van der Waals surface area contributed by atoms with Crippen LogP contribution in [0.3, 0.4) is 0 Å². The Kier molecular flexibility index (Phi) is 6.92. The molecule has 0 aliphatic heterocycles. The molecule has 0 atom stereocenters. The van der Waals surface area contributed by atoms with Gasteiger partial charge < -0.3 is 14.8 Å². The van der Waals surface area contributed by atoms with Crippen LogP contribution in [-0.2, 0) is 9.47 Å². The largest absolute Gasteiger partial charge is 0.383 e. The van der Waals surface area contributed by atoms with Crippen LogP contribution in [0.5, 0.6) is 0 Å². The van der Waals surface area contributed by atoms with Gasteiger partial charge in [-0.05, 0) is 12.8 Å². The van der Waals surface area contributed by atoms with Crippen LogP contribution >= 0.6 is 0 Å². The van der Waals surface area contributed by atoms with Crippen LogP contribution in [-0.4, -0.2) is 64.6 Å². The molecule has 4 nitrogen and oxygen atoms in total. The summed E-state index contributed by atoms with van der Waals surface area (Å²) in [5.41, 5.74) is 0. The molecule has 0 saturated heterocycles. The second kappa shape index (κ2) is 8.05. The fourth-order valence-electron chi connectivity index (χ4n) is 1.49. The van der Waals surface area contributed by atoms with Crippen molar-refractivity contribution in [1.29, 1.82) is 0 Å². The maximum absolute atomic E-state index is 5.09. The van der Waals surface area contributed by atoms with Gasteiger partial charge in [-0.2, -0.15) is 0 Å². The Balaban J connectivity index is 2.02. The summed E-state index contributed by atoms with van der Waals surface area (Å²) in [5, 5.41) is 3.52. The maximum atomic E-state index is 5.09. The Morgan fingerprint density at radius 2 is 1.67 bits per heavy atom. The molecule has 0 aromatic rings. The number of nitrogens with one attached hydrogen (secondary N) is 1. The molecule has 1 N–H and O–H groups in total. The highest BCUT2D eigenvalue weighted by Gasteiger charge is 2.19. The van der Waals surface area contributed by atoms with Crippen molar-refractivity contribution in [2.75, 3.05) is 53.6 Å². The third-order valence-corrected chi connectivity index (χ3v) is 2.66. The van der Waals surface area contributed by atoms with E-state index < -0.39 is 0 Å². The molecule has 0 heterocycles. The third kappa shape index (κ3) is 6.84. The van der Waals surface area contributed by atoms with E-state index in [0.29, 0.717) is 0 Å². The number of rotatable bonds is 10. The van der Waals surface area contributed by atoms with Gasteiger partial charge in [0, 0.05) is 46.4 Å². The minimum Gasteiger partial charge on any atom is -0.383 e. The van der Waals surface area contributed by atoms with E-state index in [1.165, 1.54) is 12.8 Å². The van der Waals surface area contributed by atoms with E-state index in [4.69, 9.17) is 9.47 Å². The zero-order valence-electron chi connectivity index (χ0n) is 10.00. The lowest BCUT2D eigenvalue weighted by Gasteiger charge is -2.21. The topological polar surface area (TPSA) is 33.7 Å². The standard InChI is InChI=1S/C11H24N2O2/c1-14-9-7-13(8-10-15-2)6-5-12-11-3-4-11/h11-12H,3-10H2,1-2H3. The van der Waals surface area contributed by atoms with Crippen LogP contribution in [0.2, 0.25) is 0 Å². The summed E-state index contributed by atoms with van der Waals surface area (Å²) in [5.74, 6) is 0. The van der Waals surface area contributed by atoms with Crippen LogP contribution in [0.1, 0.15) is 12.8 Å². The first kappa shape index (κ1) is 12.9. The van der Waals surface area contributed by atoms with E-state index in [1.54, 1.807) is 14.2 Å². The Labute approximate surface area is 92.9 Å². The summed E-state index contributed by atoms with van der Waals surface area (Å²) in [6, 6.07) is 0.803. The first-order chi connectivity index (χ1) is 7.36. The van der Waals surface area contributed by atoms with E-state index in [1.807, 2.05) is 0 Å². The van der Waals surface area contributed by atoms with Gasteiger partial charge in [-0.3, -0.25) is 4.90 Å². The lowest BCUT2D eigenvalue weighted by Crippen LogP contribution is -2.37. The number of methoxy groups -OCH3 is 2. The van der Waals surface area contributed by atoms with Gasteiger partial charge in [-0.1, -0.05) is 0 Å². The van der Waals surface area contributed by atoms with Crippen molar-refractivity contribution in [1.82, 2.24) is 10.2 Å². The molecule has 0 spiro atoms. The smallest absolute Gasteiger partial charge is 0.0589 e. The average Bonchev–Trinajstić information content (AvgIpc) is 3.05. The normalized spacial score (nSPS) is 16.2. The zero-order valence-corrected chi connectivity index (χ0v) is 10.00. The molecule has 1 fully saturated rings. The Morgan fingerprint density at radius 3 is 2.13 bits per heavy atom. The molecule has 0 radical (unpaired) electrons. The van der Waals surface area contributed by atoms with E-state index in [9.17, 15) is 0 Å². The highest BCUT2D eigenvalue weighted by molar-refractivity contribution is 4.81. The molecular weight excluding hydrogens is 192 g/mol. The number of hydrogen-bond acceptors (Lipinski definition) is 4. The molecule has 1 rings (SSSR count). The first-order valence-electron chi connectivity index (χ1n) is 5.80. The second-order valence-corrected chi connectivity index (χ2v) is 4.06. The summed E-state index contributed by atoms with van der Waals surface area (Å²) in [4.78, 5) is 2.38. The van der Waals surface area contributed by atoms with Gasteiger partial charge in [0.1, 0.15) is 0 Å². The van der Waals surface area contributed by atoms with Crippen LogP contribution < -0.4 is 5.32 Å². The lowest BCUT2D eigenvalue weighted by atomic mass is 10.4. The predicted molar refractivity (Wildman–Crippen MR) is 61.2 cm³/mol.